The first kappa shape index (κ1) is 11.6. The Balaban J connectivity index is 2.12. The van der Waals surface area contributed by atoms with E-state index in [2.05, 4.69) is 14.3 Å². The van der Waals surface area contributed by atoms with E-state index in [-0.39, 0.29) is 5.97 Å². The van der Waals surface area contributed by atoms with Gasteiger partial charge in [0, 0.05) is 13.0 Å². The molecule has 0 N–H and O–H groups in total. The summed E-state index contributed by atoms with van der Waals surface area (Å²) in [6.45, 7) is 2.78. The van der Waals surface area contributed by atoms with Crippen molar-refractivity contribution in [2.24, 2.45) is 0 Å². The highest BCUT2D eigenvalue weighted by molar-refractivity contribution is 5.75. The number of para-hydroxylation sites is 2. The Kier molecular flexibility index (Phi) is 3.42. The van der Waals surface area contributed by atoms with Gasteiger partial charge in [-0.15, -0.1) is 0 Å². The van der Waals surface area contributed by atoms with Gasteiger partial charge in [-0.3, -0.25) is 4.79 Å². The van der Waals surface area contributed by atoms with Crippen molar-refractivity contribution in [3.63, 3.8) is 0 Å². The van der Waals surface area contributed by atoms with Gasteiger partial charge in [-0.05, 0) is 25.5 Å². The second kappa shape index (κ2) is 4.99. The van der Waals surface area contributed by atoms with E-state index < -0.39 is 0 Å². The molecule has 0 radical (unpaired) electrons. The Morgan fingerprint density at radius 3 is 2.94 bits per heavy atom. The van der Waals surface area contributed by atoms with Crippen LogP contribution in [0.1, 0.15) is 18.7 Å². The Labute approximate surface area is 100 Å². The molecule has 1 heterocycles. The number of ether oxygens (including phenoxy) is 1. The lowest BCUT2D eigenvalue weighted by molar-refractivity contribution is -0.140. The van der Waals surface area contributed by atoms with E-state index in [1.54, 1.807) is 0 Å². The number of esters is 1. The lowest BCUT2D eigenvalue weighted by atomic mass is 10.3. The number of methoxy groups -OCH3 is 1. The van der Waals surface area contributed by atoms with E-state index in [4.69, 9.17) is 0 Å². The second-order valence-corrected chi connectivity index (χ2v) is 3.98. The third-order valence-corrected chi connectivity index (χ3v) is 2.84. The number of aryl methyl sites for hydroxylation is 2. The number of benzene rings is 1. The van der Waals surface area contributed by atoms with Crippen LogP contribution in [0.25, 0.3) is 11.0 Å². The number of imidazole rings is 1. The van der Waals surface area contributed by atoms with Crippen molar-refractivity contribution in [1.82, 2.24) is 9.55 Å². The molecule has 1 aromatic heterocycles. The number of carbonyl (C=O) groups is 1. The summed E-state index contributed by atoms with van der Waals surface area (Å²) in [7, 11) is 1.42. The van der Waals surface area contributed by atoms with Crippen LogP contribution < -0.4 is 0 Å². The third kappa shape index (κ3) is 2.46. The van der Waals surface area contributed by atoms with E-state index in [0.29, 0.717) is 6.42 Å². The van der Waals surface area contributed by atoms with Gasteiger partial charge in [-0.1, -0.05) is 12.1 Å². The Bertz CT molecular complexity index is 531. The average molecular weight is 232 g/mol. The molecule has 17 heavy (non-hydrogen) atoms. The van der Waals surface area contributed by atoms with E-state index in [9.17, 15) is 4.79 Å². The first-order chi connectivity index (χ1) is 8.22. The lowest BCUT2D eigenvalue weighted by Gasteiger charge is -2.05. The molecule has 0 spiro atoms. The largest absolute Gasteiger partial charge is 0.469 e. The van der Waals surface area contributed by atoms with E-state index in [0.717, 1.165) is 29.8 Å². The maximum atomic E-state index is 11.0. The summed E-state index contributed by atoms with van der Waals surface area (Å²) in [5.74, 6) is 0.822. The zero-order chi connectivity index (χ0) is 12.3. The molecule has 4 heteroatoms. The van der Waals surface area contributed by atoms with Crippen molar-refractivity contribution in [3.8, 4) is 0 Å². The number of fused-ring (bicyclic) bond motifs is 1. The number of hydrogen-bond donors (Lipinski definition) is 0. The van der Waals surface area contributed by atoms with Crippen LogP contribution in [0, 0.1) is 6.92 Å². The molecule has 2 rings (SSSR count). The van der Waals surface area contributed by atoms with Crippen molar-refractivity contribution in [3.05, 3.63) is 30.1 Å². The zero-order valence-corrected chi connectivity index (χ0v) is 10.1. The first-order valence-corrected chi connectivity index (χ1v) is 5.71. The highest BCUT2D eigenvalue weighted by Gasteiger charge is 2.07. The van der Waals surface area contributed by atoms with E-state index >= 15 is 0 Å². The number of nitrogens with zero attached hydrogens (tertiary/aromatic N) is 2. The van der Waals surface area contributed by atoms with Crippen LogP contribution in [0.3, 0.4) is 0 Å². The first-order valence-electron chi connectivity index (χ1n) is 5.71. The number of aromatic nitrogens is 2. The maximum Gasteiger partial charge on any atom is 0.305 e. The zero-order valence-electron chi connectivity index (χ0n) is 10.1. The van der Waals surface area contributed by atoms with Crippen LogP contribution in [0.2, 0.25) is 0 Å². The lowest BCUT2D eigenvalue weighted by Crippen LogP contribution is -2.05. The fourth-order valence-electron chi connectivity index (χ4n) is 1.96. The molecule has 0 atom stereocenters. The van der Waals surface area contributed by atoms with Crippen LogP contribution in [-0.2, 0) is 16.1 Å². The molecule has 4 nitrogen and oxygen atoms in total. The van der Waals surface area contributed by atoms with Crippen LogP contribution in [0.15, 0.2) is 24.3 Å². The SMILES string of the molecule is COC(=O)CCCn1c(C)nc2ccccc21. The minimum absolute atomic E-state index is 0.160. The van der Waals surface area contributed by atoms with Gasteiger partial charge in [0.25, 0.3) is 0 Å². The van der Waals surface area contributed by atoms with E-state index in [1.807, 2.05) is 31.2 Å². The van der Waals surface area contributed by atoms with Crippen molar-refractivity contribution in [2.75, 3.05) is 7.11 Å². The fourth-order valence-corrected chi connectivity index (χ4v) is 1.96. The predicted molar refractivity (Wildman–Crippen MR) is 65.7 cm³/mol. The van der Waals surface area contributed by atoms with Gasteiger partial charge < -0.3 is 9.30 Å². The van der Waals surface area contributed by atoms with Crippen LogP contribution in [0.5, 0.6) is 0 Å². The summed E-state index contributed by atoms with van der Waals surface area (Å²) in [6, 6.07) is 8.03. The molecule has 2 aromatic rings. The molecular formula is C13H16N2O2. The summed E-state index contributed by atoms with van der Waals surface area (Å²) < 4.78 is 6.76. The highest BCUT2D eigenvalue weighted by atomic mass is 16.5. The smallest absolute Gasteiger partial charge is 0.305 e. The van der Waals surface area contributed by atoms with Gasteiger partial charge in [0.2, 0.25) is 0 Å². The number of hydrogen-bond acceptors (Lipinski definition) is 3. The van der Waals surface area contributed by atoms with Crippen LogP contribution in [-0.4, -0.2) is 22.6 Å². The van der Waals surface area contributed by atoms with Crippen molar-refractivity contribution in [2.45, 2.75) is 26.3 Å². The summed E-state index contributed by atoms with van der Waals surface area (Å²) in [5, 5.41) is 0. The van der Waals surface area contributed by atoms with Crippen LogP contribution >= 0.6 is 0 Å². The van der Waals surface area contributed by atoms with Gasteiger partial charge in [0.15, 0.2) is 0 Å². The Morgan fingerprint density at radius 1 is 1.41 bits per heavy atom. The van der Waals surface area contributed by atoms with Gasteiger partial charge in [0.1, 0.15) is 5.82 Å². The molecule has 0 aliphatic carbocycles. The normalized spacial score (nSPS) is 10.7. The van der Waals surface area contributed by atoms with Crippen molar-refractivity contribution < 1.29 is 9.53 Å². The molecule has 1 aromatic carbocycles. The number of carbonyl (C=O) groups excluding carboxylic acids is 1. The van der Waals surface area contributed by atoms with Gasteiger partial charge in [0.05, 0.1) is 18.1 Å². The highest BCUT2D eigenvalue weighted by Crippen LogP contribution is 2.16. The molecule has 0 aliphatic heterocycles. The molecular weight excluding hydrogens is 216 g/mol. The third-order valence-electron chi connectivity index (χ3n) is 2.84. The number of rotatable bonds is 4. The summed E-state index contributed by atoms with van der Waals surface area (Å²) >= 11 is 0. The molecule has 0 aliphatic rings. The van der Waals surface area contributed by atoms with Gasteiger partial charge in [-0.25, -0.2) is 4.98 Å². The van der Waals surface area contributed by atoms with E-state index in [1.165, 1.54) is 7.11 Å². The molecule has 0 saturated heterocycles. The second-order valence-electron chi connectivity index (χ2n) is 3.98. The molecule has 0 amide bonds. The van der Waals surface area contributed by atoms with Crippen molar-refractivity contribution >= 4 is 17.0 Å². The topological polar surface area (TPSA) is 44.1 Å². The standard InChI is InChI=1S/C13H16N2O2/c1-10-14-11-6-3-4-7-12(11)15(10)9-5-8-13(16)17-2/h3-4,6-7H,5,8-9H2,1-2H3. The monoisotopic (exact) mass is 232 g/mol. The maximum absolute atomic E-state index is 11.0. The van der Waals surface area contributed by atoms with Gasteiger partial charge in [-0.2, -0.15) is 0 Å². The van der Waals surface area contributed by atoms with Crippen LogP contribution in [0.4, 0.5) is 0 Å². The Morgan fingerprint density at radius 2 is 2.18 bits per heavy atom. The van der Waals surface area contributed by atoms with Crippen molar-refractivity contribution in [1.29, 1.82) is 0 Å². The molecule has 0 saturated carbocycles. The summed E-state index contributed by atoms with van der Waals surface area (Å²) in [5.41, 5.74) is 2.12. The predicted octanol–water partition coefficient (Wildman–Crippen LogP) is 2.30. The molecule has 0 fully saturated rings. The molecule has 0 bridgehead atoms. The molecule has 0 unspecified atom stereocenters. The van der Waals surface area contributed by atoms with Gasteiger partial charge >= 0.3 is 5.97 Å². The fraction of sp³-hybridized carbons (Fsp3) is 0.385. The Hall–Kier alpha value is -1.84. The molecule has 90 valence electrons. The quantitative estimate of drug-likeness (QED) is 0.760. The minimum atomic E-state index is -0.160. The minimum Gasteiger partial charge on any atom is -0.469 e. The average Bonchev–Trinajstić information content (AvgIpc) is 2.66. The summed E-state index contributed by atoms with van der Waals surface area (Å²) in [6.07, 6.45) is 1.22. The summed E-state index contributed by atoms with van der Waals surface area (Å²) in [4.78, 5) is 15.5.